The van der Waals surface area contributed by atoms with Gasteiger partial charge in [0.05, 0.1) is 0 Å². The Hall–Kier alpha value is -1.49. The van der Waals surface area contributed by atoms with Crippen LogP contribution in [0.3, 0.4) is 0 Å². The molecule has 94 valence electrons. The van der Waals surface area contributed by atoms with Gasteiger partial charge in [-0.2, -0.15) is 4.39 Å². The lowest BCUT2D eigenvalue weighted by Gasteiger charge is -2.23. The maximum absolute atomic E-state index is 13.8. The lowest BCUT2D eigenvalue weighted by Crippen LogP contribution is -2.34. The number of hydrogen-bond acceptors (Lipinski definition) is 4. The molecule has 1 aliphatic heterocycles. The molecule has 5 heteroatoms. The quantitative estimate of drug-likeness (QED) is 0.825. The van der Waals surface area contributed by atoms with Gasteiger partial charge in [0.2, 0.25) is 11.6 Å². The van der Waals surface area contributed by atoms with Gasteiger partial charge >= 0.3 is 0 Å². The fourth-order valence-corrected chi connectivity index (χ4v) is 1.81. The van der Waals surface area contributed by atoms with Crippen molar-refractivity contribution in [1.29, 1.82) is 0 Å². The molecule has 1 aliphatic rings. The Balaban J connectivity index is 2.44. The van der Waals surface area contributed by atoms with Crippen LogP contribution in [-0.4, -0.2) is 23.9 Å². The Bertz CT molecular complexity index is 440. The number of benzene rings is 1. The van der Waals surface area contributed by atoms with Crippen molar-refractivity contribution in [2.45, 2.75) is 25.8 Å². The molecular weight excluding hydrogens is 225 g/mol. The van der Waals surface area contributed by atoms with Crippen LogP contribution in [0.4, 0.5) is 4.39 Å². The number of nitrogens with two attached hydrogens (primary N) is 1. The predicted octanol–water partition coefficient (Wildman–Crippen LogP) is 1.58. The van der Waals surface area contributed by atoms with Crippen LogP contribution in [0.15, 0.2) is 6.07 Å². The molecular formula is C12H16FNO3. The molecule has 0 unspecified atom stereocenters. The summed E-state index contributed by atoms with van der Waals surface area (Å²) in [5.41, 5.74) is 5.75. The average Bonchev–Trinajstić information content (AvgIpc) is 2.24. The predicted molar refractivity (Wildman–Crippen MR) is 61.0 cm³/mol. The van der Waals surface area contributed by atoms with Crippen LogP contribution in [0.25, 0.3) is 0 Å². The van der Waals surface area contributed by atoms with Crippen LogP contribution in [0.1, 0.15) is 19.4 Å². The molecule has 4 nitrogen and oxygen atoms in total. The minimum absolute atomic E-state index is 0.0210. The Morgan fingerprint density at radius 2 is 2.06 bits per heavy atom. The minimum Gasteiger partial charge on any atom is -0.505 e. The van der Waals surface area contributed by atoms with E-state index in [2.05, 4.69) is 0 Å². The summed E-state index contributed by atoms with van der Waals surface area (Å²) in [5, 5.41) is 9.75. The smallest absolute Gasteiger partial charge is 0.210 e. The highest BCUT2D eigenvalue weighted by Gasteiger charge is 2.25. The van der Waals surface area contributed by atoms with Crippen LogP contribution in [0.5, 0.6) is 17.2 Å². The van der Waals surface area contributed by atoms with E-state index >= 15 is 0 Å². The Morgan fingerprint density at radius 1 is 1.41 bits per heavy atom. The molecule has 1 aromatic rings. The molecule has 0 spiro atoms. The van der Waals surface area contributed by atoms with Gasteiger partial charge in [-0.25, -0.2) is 0 Å². The second-order valence-electron chi connectivity index (χ2n) is 4.89. The van der Waals surface area contributed by atoms with Crippen molar-refractivity contribution in [2.75, 3.05) is 13.2 Å². The third kappa shape index (κ3) is 2.44. The van der Waals surface area contributed by atoms with E-state index in [1.54, 1.807) is 19.9 Å². The second kappa shape index (κ2) is 4.07. The summed E-state index contributed by atoms with van der Waals surface area (Å²) in [4.78, 5) is 0. The molecule has 17 heavy (non-hydrogen) atoms. The highest BCUT2D eigenvalue weighted by Crippen LogP contribution is 2.40. The molecule has 3 N–H and O–H groups in total. The van der Waals surface area contributed by atoms with E-state index in [0.29, 0.717) is 24.3 Å². The first-order chi connectivity index (χ1) is 7.88. The van der Waals surface area contributed by atoms with Crippen LogP contribution in [0, 0.1) is 5.82 Å². The van der Waals surface area contributed by atoms with Crippen LogP contribution >= 0.6 is 0 Å². The van der Waals surface area contributed by atoms with Crippen LogP contribution < -0.4 is 15.2 Å². The van der Waals surface area contributed by atoms with E-state index in [1.165, 1.54) is 0 Å². The number of aromatic hydroxyl groups is 1. The summed E-state index contributed by atoms with van der Waals surface area (Å²) in [6.45, 7) is 4.27. The highest BCUT2D eigenvalue weighted by molar-refractivity contribution is 5.52. The largest absolute Gasteiger partial charge is 0.505 e. The van der Waals surface area contributed by atoms with Gasteiger partial charge in [0.25, 0.3) is 0 Å². The molecule has 0 aromatic heterocycles. The summed E-state index contributed by atoms with van der Waals surface area (Å²) in [6, 6.07) is 1.58. The van der Waals surface area contributed by atoms with Gasteiger partial charge in [-0.05, 0) is 26.3 Å². The molecule has 0 radical (unpaired) electrons. The van der Waals surface area contributed by atoms with Gasteiger partial charge in [0.1, 0.15) is 13.2 Å². The minimum atomic E-state index is -0.776. The van der Waals surface area contributed by atoms with E-state index in [9.17, 15) is 9.50 Å². The zero-order valence-corrected chi connectivity index (χ0v) is 9.92. The monoisotopic (exact) mass is 241 g/mol. The first-order valence-corrected chi connectivity index (χ1v) is 5.47. The van der Waals surface area contributed by atoms with E-state index in [0.717, 1.165) is 0 Å². The van der Waals surface area contributed by atoms with Gasteiger partial charge < -0.3 is 20.3 Å². The highest BCUT2D eigenvalue weighted by atomic mass is 19.1. The first-order valence-electron chi connectivity index (χ1n) is 5.47. The van der Waals surface area contributed by atoms with Crippen molar-refractivity contribution in [3.63, 3.8) is 0 Å². The van der Waals surface area contributed by atoms with Gasteiger partial charge in [-0.1, -0.05) is 0 Å². The number of hydrogen-bond donors (Lipinski definition) is 2. The molecule has 1 heterocycles. The maximum Gasteiger partial charge on any atom is 0.210 e. The number of phenolic OH excluding ortho intramolecular Hbond substituents is 1. The maximum atomic E-state index is 13.8. The van der Waals surface area contributed by atoms with Crippen molar-refractivity contribution < 1.29 is 19.0 Å². The summed E-state index contributed by atoms with van der Waals surface area (Å²) < 4.78 is 24.2. The summed E-state index contributed by atoms with van der Waals surface area (Å²) >= 11 is 0. The number of halogens is 1. The molecule has 0 amide bonds. The van der Waals surface area contributed by atoms with Crippen LogP contribution in [0.2, 0.25) is 0 Å². The lowest BCUT2D eigenvalue weighted by atomic mass is 9.95. The fourth-order valence-electron chi connectivity index (χ4n) is 1.81. The van der Waals surface area contributed by atoms with Gasteiger partial charge in [0, 0.05) is 11.1 Å². The van der Waals surface area contributed by atoms with Crippen molar-refractivity contribution in [3.8, 4) is 17.2 Å². The second-order valence-corrected chi connectivity index (χ2v) is 4.89. The van der Waals surface area contributed by atoms with Gasteiger partial charge in [0.15, 0.2) is 11.5 Å². The first kappa shape index (κ1) is 12.0. The van der Waals surface area contributed by atoms with Crippen LogP contribution in [-0.2, 0) is 6.42 Å². The zero-order valence-electron chi connectivity index (χ0n) is 9.92. The van der Waals surface area contributed by atoms with E-state index in [-0.39, 0.29) is 12.4 Å². The normalized spacial score (nSPS) is 14.8. The molecule has 1 aromatic carbocycles. The number of ether oxygens (including phenoxy) is 2. The van der Waals surface area contributed by atoms with Crippen molar-refractivity contribution in [1.82, 2.24) is 0 Å². The van der Waals surface area contributed by atoms with Crippen molar-refractivity contribution in [2.24, 2.45) is 5.73 Å². The third-order valence-corrected chi connectivity index (χ3v) is 2.47. The van der Waals surface area contributed by atoms with Gasteiger partial charge in [-0.15, -0.1) is 0 Å². The number of phenols is 1. The summed E-state index contributed by atoms with van der Waals surface area (Å²) in [7, 11) is 0. The number of rotatable bonds is 2. The molecule has 0 atom stereocenters. The summed E-state index contributed by atoms with van der Waals surface area (Å²) in [5.74, 6) is -0.882. The van der Waals surface area contributed by atoms with E-state index < -0.39 is 17.1 Å². The molecule has 0 fully saturated rings. The lowest BCUT2D eigenvalue weighted by molar-refractivity contribution is 0.162. The molecule has 0 aliphatic carbocycles. The molecule has 2 rings (SSSR count). The summed E-state index contributed by atoms with van der Waals surface area (Å²) in [6.07, 6.45) is 0.354. The van der Waals surface area contributed by atoms with Gasteiger partial charge in [-0.3, -0.25) is 0 Å². The SMILES string of the molecule is CC(C)(N)Cc1cc2c(c(F)c1O)OCCO2. The van der Waals surface area contributed by atoms with E-state index in [4.69, 9.17) is 15.2 Å². The molecule has 0 saturated carbocycles. The van der Waals surface area contributed by atoms with E-state index in [1.807, 2.05) is 0 Å². The standard InChI is InChI=1S/C12H16FNO3/c1-12(2,14)6-7-5-8-11(9(13)10(7)15)17-4-3-16-8/h5,15H,3-4,6,14H2,1-2H3. The third-order valence-electron chi connectivity index (χ3n) is 2.47. The average molecular weight is 241 g/mol. The van der Waals surface area contributed by atoms with Crippen molar-refractivity contribution >= 4 is 0 Å². The Labute approximate surface area is 99.1 Å². The zero-order chi connectivity index (χ0) is 12.6. The Kier molecular flexibility index (Phi) is 2.87. The Morgan fingerprint density at radius 3 is 2.71 bits per heavy atom. The number of fused-ring (bicyclic) bond motifs is 1. The molecule has 0 bridgehead atoms. The fraction of sp³-hybridized carbons (Fsp3) is 0.500. The molecule has 0 saturated heterocycles. The van der Waals surface area contributed by atoms with Crippen molar-refractivity contribution in [3.05, 3.63) is 17.4 Å². The topological polar surface area (TPSA) is 64.7 Å².